The summed E-state index contributed by atoms with van der Waals surface area (Å²) in [7, 11) is 0.242. The van der Waals surface area contributed by atoms with Crippen LogP contribution in [0.2, 0.25) is 0 Å². The summed E-state index contributed by atoms with van der Waals surface area (Å²) >= 11 is 0. The molecule has 1 aromatic rings. The molecule has 3 N–H and O–H groups in total. The van der Waals surface area contributed by atoms with E-state index in [1.165, 1.54) is 6.07 Å². The van der Waals surface area contributed by atoms with Gasteiger partial charge in [0.05, 0.1) is 5.69 Å². The van der Waals surface area contributed by atoms with Crippen LogP contribution in [-0.4, -0.2) is 64.5 Å². The number of nitrogens with zero attached hydrogens (tertiary/aromatic N) is 2. The monoisotopic (exact) mass is 316 g/mol. The van der Waals surface area contributed by atoms with Crippen molar-refractivity contribution in [1.29, 1.82) is 0 Å². The van der Waals surface area contributed by atoms with Crippen LogP contribution in [0.25, 0.3) is 0 Å². The molecule has 0 amide bonds. The van der Waals surface area contributed by atoms with E-state index in [0.29, 0.717) is 6.54 Å². The highest BCUT2D eigenvalue weighted by atomic mass is 32.2. The van der Waals surface area contributed by atoms with Gasteiger partial charge in [-0.3, -0.25) is 4.90 Å². The number of benzene rings is 1. The first-order valence-electron chi connectivity index (χ1n) is 6.73. The van der Waals surface area contributed by atoms with Crippen molar-refractivity contribution in [3.63, 3.8) is 0 Å². The number of halogens is 1. The summed E-state index contributed by atoms with van der Waals surface area (Å²) in [5.74, 6) is -0.555. The number of hydrogen-bond acceptors (Lipinski definition) is 5. The number of nitrogens with one attached hydrogen (secondary N) is 1. The maximum Gasteiger partial charge on any atom is 0.242 e. The number of likely N-dealkylation sites (N-methyl/N-ethyl adjacent to an activating group) is 2. The third kappa shape index (κ3) is 3.91. The lowest BCUT2D eigenvalue weighted by Gasteiger charge is -2.37. The highest BCUT2D eigenvalue weighted by Gasteiger charge is 2.25. The normalized spacial score (nSPS) is 21.6. The van der Waals surface area contributed by atoms with E-state index in [-0.39, 0.29) is 16.6 Å². The Morgan fingerprint density at radius 3 is 2.76 bits per heavy atom. The predicted octanol–water partition coefficient (Wildman–Crippen LogP) is -0.0680. The van der Waals surface area contributed by atoms with Crippen molar-refractivity contribution in [1.82, 2.24) is 14.5 Å². The molecule has 0 bridgehead atoms. The fourth-order valence-electron chi connectivity index (χ4n) is 2.37. The average molecular weight is 316 g/mol. The number of rotatable bonds is 4. The molecule has 0 aromatic heterocycles. The molecule has 0 spiro atoms. The fraction of sp³-hybridized carbons (Fsp3) is 0.538. The first-order chi connectivity index (χ1) is 9.79. The van der Waals surface area contributed by atoms with Crippen molar-refractivity contribution >= 4 is 15.7 Å². The molecule has 1 aliphatic rings. The quantitative estimate of drug-likeness (QED) is 0.761. The van der Waals surface area contributed by atoms with Crippen LogP contribution in [0.15, 0.2) is 23.1 Å². The van der Waals surface area contributed by atoms with Crippen LogP contribution in [0.3, 0.4) is 0 Å². The summed E-state index contributed by atoms with van der Waals surface area (Å²) < 4.78 is 40.1. The molecule has 1 atom stereocenters. The Bertz CT molecular complexity index is 608. The molecule has 1 fully saturated rings. The number of piperazine rings is 1. The van der Waals surface area contributed by atoms with Crippen molar-refractivity contribution in [2.24, 2.45) is 0 Å². The van der Waals surface area contributed by atoms with E-state index in [9.17, 15) is 12.8 Å². The second kappa shape index (κ2) is 6.27. The van der Waals surface area contributed by atoms with Gasteiger partial charge >= 0.3 is 0 Å². The van der Waals surface area contributed by atoms with Crippen LogP contribution in [-0.2, 0) is 10.0 Å². The van der Waals surface area contributed by atoms with Crippen molar-refractivity contribution in [2.75, 3.05) is 46.0 Å². The number of nitrogens with two attached hydrogens (primary N) is 1. The van der Waals surface area contributed by atoms with Crippen molar-refractivity contribution in [3.05, 3.63) is 24.0 Å². The minimum absolute atomic E-state index is 0.0865. The van der Waals surface area contributed by atoms with Gasteiger partial charge in [0.15, 0.2) is 0 Å². The summed E-state index contributed by atoms with van der Waals surface area (Å²) in [5.41, 5.74) is 5.50. The van der Waals surface area contributed by atoms with E-state index < -0.39 is 15.8 Å². The van der Waals surface area contributed by atoms with Gasteiger partial charge in [-0.1, -0.05) is 0 Å². The van der Waals surface area contributed by atoms with E-state index in [0.717, 1.165) is 31.8 Å². The molecule has 21 heavy (non-hydrogen) atoms. The second-order valence-corrected chi connectivity index (χ2v) is 7.17. The number of anilines is 1. The van der Waals surface area contributed by atoms with Gasteiger partial charge in [-0.15, -0.1) is 0 Å². The largest absolute Gasteiger partial charge is 0.398 e. The zero-order chi connectivity index (χ0) is 15.6. The molecular formula is C13H21FN4O2S. The van der Waals surface area contributed by atoms with Crippen LogP contribution in [0.4, 0.5) is 10.1 Å². The summed E-state index contributed by atoms with van der Waals surface area (Å²) in [6.45, 7) is 2.93. The minimum Gasteiger partial charge on any atom is -0.398 e. The van der Waals surface area contributed by atoms with E-state index in [2.05, 4.69) is 14.5 Å². The third-order valence-electron chi connectivity index (χ3n) is 3.75. The lowest BCUT2D eigenvalue weighted by atomic mass is 10.2. The molecule has 1 unspecified atom stereocenters. The van der Waals surface area contributed by atoms with E-state index in [1.807, 2.05) is 14.1 Å². The Kier molecular flexibility index (Phi) is 4.82. The lowest BCUT2D eigenvalue weighted by molar-refractivity contribution is 0.117. The second-order valence-electron chi connectivity index (χ2n) is 5.43. The van der Waals surface area contributed by atoms with Gasteiger partial charge in [-0.2, -0.15) is 0 Å². The van der Waals surface area contributed by atoms with Gasteiger partial charge in [0.25, 0.3) is 0 Å². The lowest BCUT2D eigenvalue weighted by Crippen LogP contribution is -2.54. The first kappa shape index (κ1) is 16.2. The Morgan fingerprint density at radius 1 is 1.38 bits per heavy atom. The molecule has 2 rings (SSSR count). The maximum atomic E-state index is 13.0. The van der Waals surface area contributed by atoms with Gasteiger partial charge in [-0.25, -0.2) is 17.5 Å². The van der Waals surface area contributed by atoms with Gasteiger partial charge in [0, 0.05) is 32.2 Å². The summed E-state index contributed by atoms with van der Waals surface area (Å²) in [6.07, 6.45) is 0. The summed E-state index contributed by atoms with van der Waals surface area (Å²) in [4.78, 5) is 4.19. The molecule has 0 aliphatic carbocycles. The molecule has 6 nitrogen and oxygen atoms in total. The Hall–Kier alpha value is -1.22. The molecule has 1 aromatic carbocycles. The van der Waals surface area contributed by atoms with Gasteiger partial charge in [0.2, 0.25) is 10.0 Å². The molecule has 1 aliphatic heterocycles. The third-order valence-corrected chi connectivity index (χ3v) is 5.25. The predicted molar refractivity (Wildman–Crippen MR) is 79.9 cm³/mol. The average Bonchev–Trinajstić information content (AvgIpc) is 2.39. The molecule has 8 heteroatoms. The zero-order valence-corrected chi connectivity index (χ0v) is 13.0. The number of sulfonamides is 1. The first-order valence-corrected chi connectivity index (χ1v) is 8.21. The SMILES string of the molecule is CN1CCN(C)C(CNS(=O)(=O)c2ccc(F)cc2N)C1. The van der Waals surface area contributed by atoms with Crippen molar-refractivity contribution in [2.45, 2.75) is 10.9 Å². The van der Waals surface area contributed by atoms with Gasteiger partial charge in [-0.05, 0) is 32.3 Å². The zero-order valence-electron chi connectivity index (χ0n) is 12.2. The van der Waals surface area contributed by atoms with Gasteiger partial charge in [0.1, 0.15) is 10.7 Å². The van der Waals surface area contributed by atoms with Crippen LogP contribution in [0.5, 0.6) is 0 Å². The van der Waals surface area contributed by atoms with Crippen molar-refractivity contribution in [3.8, 4) is 0 Å². The van der Waals surface area contributed by atoms with Gasteiger partial charge < -0.3 is 10.6 Å². The van der Waals surface area contributed by atoms with Crippen LogP contribution >= 0.6 is 0 Å². The maximum absolute atomic E-state index is 13.0. The molecule has 1 heterocycles. The standard InChI is InChI=1S/C13H21FN4O2S/c1-17-5-6-18(2)11(9-17)8-16-21(19,20)13-4-3-10(14)7-12(13)15/h3-4,7,11,16H,5-6,8-9,15H2,1-2H3. The van der Waals surface area contributed by atoms with Crippen LogP contribution in [0, 0.1) is 5.82 Å². The Labute approximate surface area is 124 Å². The highest BCUT2D eigenvalue weighted by Crippen LogP contribution is 2.19. The van der Waals surface area contributed by atoms with Crippen molar-refractivity contribution < 1.29 is 12.8 Å². The smallest absolute Gasteiger partial charge is 0.242 e. The summed E-state index contributed by atoms with van der Waals surface area (Å²) in [6, 6.07) is 3.38. The highest BCUT2D eigenvalue weighted by molar-refractivity contribution is 7.89. The minimum atomic E-state index is -3.73. The number of nitrogen functional groups attached to an aromatic ring is 1. The fourth-order valence-corrected chi connectivity index (χ4v) is 3.55. The molecule has 118 valence electrons. The van der Waals surface area contributed by atoms with Crippen LogP contribution < -0.4 is 10.5 Å². The van der Waals surface area contributed by atoms with E-state index in [4.69, 9.17) is 5.73 Å². The van der Waals surface area contributed by atoms with Crippen LogP contribution in [0.1, 0.15) is 0 Å². The number of hydrogen-bond donors (Lipinski definition) is 2. The molecular weight excluding hydrogens is 295 g/mol. The topological polar surface area (TPSA) is 78.7 Å². The Morgan fingerprint density at radius 2 is 2.10 bits per heavy atom. The van der Waals surface area contributed by atoms with E-state index >= 15 is 0 Å². The molecule has 0 radical (unpaired) electrons. The molecule has 1 saturated heterocycles. The van der Waals surface area contributed by atoms with E-state index in [1.54, 1.807) is 0 Å². The Balaban J connectivity index is 2.07. The summed E-state index contributed by atoms with van der Waals surface area (Å²) in [5, 5.41) is 0. The molecule has 0 saturated carbocycles.